The van der Waals surface area contributed by atoms with Crippen LogP contribution in [0.15, 0.2) is 24.3 Å². The van der Waals surface area contributed by atoms with Gasteiger partial charge in [-0.25, -0.2) is 0 Å². The minimum Gasteiger partial charge on any atom is -0.426 e. The summed E-state index contributed by atoms with van der Waals surface area (Å²) in [5, 5.41) is 0.583. The Morgan fingerprint density at radius 3 is 2.86 bits per heavy atom. The Labute approximate surface area is 87.8 Å². The van der Waals surface area contributed by atoms with Gasteiger partial charge in [0.1, 0.15) is 5.75 Å². The normalized spacial score (nSPS) is 24.4. The molecule has 1 aliphatic rings. The van der Waals surface area contributed by atoms with E-state index in [0.29, 0.717) is 16.7 Å². The highest BCUT2D eigenvalue weighted by molar-refractivity contribution is 6.30. The van der Waals surface area contributed by atoms with Crippen LogP contribution in [0.1, 0.15) is 13.3 Å². The van der Waals surface area contributed by atoms with Crippen LogP contribution >= 0.6 is 11.6 Å². The van der Waals surface area contributed by atoms with Gasteiger partial charge in [-0.05, 0) is 30.5 Å². The molecule has 0 spiro atoms. The summed E-state index contributed by atoms with van der Waals surface area (Å²) < 4.78 is 5.17. The van der Waals surface area contributed by atoms with E-state index in [0.717, 1.165) is 6.42 Å². The summed E-state index contributed by atoms with van der Waals surface area (Å²) in [6.07, 6.45) is 0.944. The standard InChI is InChI=1S/C11H11ClO2/c1-7-5-10(7)11(13)14-9-4-2-3-8(12)6-9/h2-4,6-7,10H,5H2,1H3. The number of hydrogen-bond donors (Lipinski definition) is 0. The highest BCUT2D eigenvalue weighted by Gasteiger charge is 2.40. The van der Waals surface area contributed by atoms with Crippen molar-refractivity contribution in [1.29, 1.82) is 0 Å². The first-order chi connectivity index (χ1) is 6.66. The smallest absolute Gasteiger partial charge is 0.314 e. The number of halogens is 1. The van der Waals surface area contributed by atoms with Gasteiger partial charge in [0.2, 0.25) is 0 Å². The molecule has 0 saturated heterocycles. The molecule has 2 nitrogen and oxygen atoms in total. The van der Waals surface area contributed by atoms with Gasteiger partial charge in [-0.3, -0.25) is 4.79 Å². The Bertz CT molecular complexity index is 362. The molecule has 0 amide bonds. The lowest BCUT2D eigenvalue weighted by Crippen LogP contribution is -2.10. The fourth-order valence-electron chi connectivity index (χ4n) is 1.37. The molecule has 1 fully saturated rings. The van der Waals surface area contributed by atoms with E-state index in [-0.39, 0.29) is 11.9 Å². The maximum atomic E-state index is 11.4. The van der Waals surface area contributed by atoms with E-state index in [1.807, 2.05) is 6.92 Å². The second kappa shape index (κ2) is 3.62. The Hall–Kier alpha value is -1.02. The molecule has 0 radical (unpaired) electrons. The largest absolute Gasteiger partial charge is 0.426 e. The zero-order valence-corrected chi connectivity index (χ0v) is 8.62. The van der Waals surface area contributed by atoms with Crippen LogP contribution in [0.4, 0.5) is 0 Å². The van der Waals surface area contributed by atoms with E-state index in [1.165, 1.54) is 0 Å². The number of hydrogen-bond acceptors (Lipinski definition) is 2. The van der Waals surface area contributed by atoms with Gasteiger partial charge in [0.05, 0.1) is 5.92 Å². The maximum absolute atomic E-state index is 11.4. The van der Waals surface area contributed by atoms with Gasteiger partial charge in [0, 0.05) is 5.02 Å². The number of carbonyl (C=O) groups is 1. The molecule has 0 bridgehead atoms. The van der Waals surface area contributed by atoms with Crippen molar-refractivity contribution in [3.05, 3.63) is 29.3 Å². The summed E-state index contributed by atoms with van der Waals surface area (Å²) in [5.41, 5.74) is 0. The van der Waals surface area contributed by atoms with Crippen LogP contribution in [-0.2, 0) is 4.79 Å². The van der Waals surface area contributed by atoms with Crippen molar-refractivity contribution in [3.8, 4) is 5.75 Å². The minimum atomic E-state index is -0.139. The van der Waals surface area contributed by atoms with E-state index < -0.39 is 0 Å². The van der Waals surface area contributed by atoms with Crippen LogP contribution in [0.25, 0.3) is 0 Å². The maximum Gasteiger partial charge on any atom is 0.314 e. The highest BCUT2D eigenvalue weighted by atomic mass is 35.5. The van der Waals surface area contributed by atoms with Crippen LogP contribution in [0.2, 0.25) is 5.02 Å². The number of rotatable bonds is 2. The summed E-state index contributed by atoms with van der Waals surface area (Å²) in [6.45, 7) is 2.05. The molecular formula is C11H11ClO2. The van der Waals surface area contributed by atoms with Crippen molar-refractivity contribution < 1.29 is 9.53 Å². The number of benzene rings is 1. The highest BCUT2D eigenvalue weighted by Crippen LogP contribution is 2.38. The van der Waals surface area contributed by atoms with Crippen molar-refractivity contribution in [3.63, 3.8) is 0 Å². The van der Waals surface area contributed by atoms with Crippen molar-refractivity contribution >= 4 is 17.6 Å². The van der Waals surface area contributed by atoms with Gasteiger partial charge >= 0.3 is 5.97 Å². The summed E-state index contributed by atoms with van der Waals surface area (Å²) in [7, 11) is 0. The molecule has 0 heterocycles. The topological polar surface area (TPSA) is 26.3 Å². The van der Waals surface area contributed by atoms with Crippen LogP contribution in [0.5, 0.6) is 5.75 Å². The van der Waals surface area contributed by atoms with Crippen LogP contribution in [-0.4, -0.2) is 5.97 Å². The van der Waals surface area contributed by atoms with Crippen molar-refractivity contribution in [2.45, 2.75) is 13.3 Å². The molecule has 2 atom stereocenters. The number of carbonyl (C=O) groups excluding carboxylic acids is 1. The SMILES string of the molecule is CC1CC1C(=O)Oc1cccc(Cl)c1. The van der Waals surface area contributed by atoms with E-state index in [2.05, 4.69) is 0 Å². The van der Waals surface area contributed by atoms with Crippen LogP contribution in [0, 0.1) is 11.8 Å². The second-order valence-electron chi connectivity index (χ2n) is 3.70. The fourth-order valence-corrected chi connectivity index (χ4v) is 1.55. The third-order valence-electron chi connectivity index (χ3n) is 2.43. The first kappa shape index (κ1) is 9.53. The molecule has 1 aromatic rings. The Morgan fingerprint density at radius 1 is 1.57 bits per heavy atom. The molecule has 74 valence electrons. The lowest BCUT2D eigenvalue weighted by atomic mass is 10.3. The molecule has 1 aliphatic carbocycles. The van der Waals surface area contributed by atoms with Crippen molar-refractivity contribution in [1.82, 2.24) is 0 Å². The lowest BCUT2D eigenvalue weighted by molar-refractivity contribution is -0.136. The summed E-state index contributed by atoms with van der Waals surface area (Å²) >= 11 is 5.76. The molecule has 0 aliphatic heterocycles. The third kappa shape index (κ3) is 2.07. The van der Waals surface area contributed by atoms with Gasteiger partial charge in [-0.1, -0.05) is 24.6 Å². The van der Waals surface area contributed by atoms with E-state index in [9.17, 15) is 4.79 Å². The van der Waals surface area contributed by atoms with Crippen LogP contribution < -0.4 is 4.74 Å². The molecule has 0 aromatic heterocycles. The van der Waals surface area contributed by atoms with Crippen molar-refractivity contribution in [2.24, 2.45) is 11.8 Å². The molecule has 1 aromatic carbocycles. The Morgan fingerprint density at radius 2 is 2.29 bits per heavy atom. The van der Waals surface area contributed by atoms with Crippen molar-refractivity contribution in [2.75, 3.05) is 0 Å². The molecule has 0 N–H and O–H groups in total. The Balaban J connectivity index is 2.00. The molecule has 14 heavy (non-hydrogen) atoms. The van der Waals surface area contributed by atoms with Gasteiger partial charge in [0.15, 0.2) is 0 Å². The zero-order chi connectivity index (χ0) is 10.1. The second-order valence-corrected chi connectivity index (χ2v) is 4.13. The third-order valence-corrected chi connectivity index (χ3v) is 2.66. The first-order valence-corrected chi connectivity index (χ1v) is 5.02. The zero-order valence-electron chi connectivity index (χ0n) is 7.87. The van der Waals surface area contributed by atoms with Gasteiger partial charge in [0.25, 0.3) is 0 Å². The monoisotopic (exact) mass is 210 g/mol. The quantitative estimate of drug-likeness (QED) is 0.554. The number of esters is 1. The summed E-state index contributed by atoms with van der Waals surface area (Å²) in [4.78, 5) is 11.4. The predicted octanol–water partition coefficient (Wildman–Crippen LogP) is 2.90. The van der Waals surface area contributed by atoms with E-state index in [4.69, 9.17) is 16.3 Å². The molecule has 3 heteroatoms. The molecular weight excluding hydrogens is 200 g/mol. The number of ether oxygens (including phenoxy) is 1. The average Bonchev–Trinajstić information content (AvgIpc) is 2.82. The first-order valence-electron chi connectivity index (χ1n) is 4.64. The van der Waals surface area contributed by atoms with Gasteiger partial charge in [-0.2, -0.15) is 0 Å². The Kier molecular flexibility index (Phi) is 2.46. The van der Waals surface area contributed by atoms with Gasteiger partial charge in [-0.15, -0.1) is 0 Å². The fraction of sp³-hybridized carbons (Fsp3) is 0.364. The molecule has 1 saturated carbocycles. The van der Waals surface area contributed by atoms with E-state index in [1.54, 1.807) is 24.3 Å². The predicted molar refractivity (Wildman–Crippen MR) is 54.4 cm³/mol. The van der Waals surface area contributed by atoms with Crippen LogP contribution in [0.3, 0.4) is 0 Å². The molecule has 2 unspecified atom stereocenters. The van der Waals surface area contributed by atoms with E-state index >= 15 is 0 Å². The van der Waals surface area contributed by atoms with Gasteiger partial charge < -0.3 is 4.74 Å². The minimum absolute atomic E-state index is 0.0916. The molecule has 2 rings (SSSR count). The average molecular weight is 211 g/mol. The summed E-state index contributed by atoms with van der Waals surface area (Å²) in [5.74, 6) is 0.956. The lowest BCUT2D eigenvalue weighted by Gasteiger charge is -2.02. The summed E-state index contributed by atoms with van der Waals surface area (Å²) in [6, 6.07) is 6.89.